The number of carboxylic acid groups (broad SMARTS) is 1. The first-order valence-electron chi connectivity index (χ1n) is 6.45. The van der Waals surface area contributed by atoms with Crippen LogP contribution in [0.25, 0.3) is 0 Å². The number of amides is 1. The first-order chi connectivity index (χ1) is 10.1. The molecule has 8 heteroatoms. The lowest BCUT2D eigenvalue weighted by Crippen LogP contribution is -2.54. The molecule has 0 radical (unpaired) electrons. The Hall–Kier alpha value is -2.09. The first kappa shape index (κ1) is 16.3. The van der Waals surface area contributed by atoms with Gasteiger partial charge >= 0.3 is 12.1 Å². The fraction of sp³-hybridized carbons (Fsp3) is 0.429. The van der Waals surface area contributed by atoms with E-state index < -0.39 is 42.2 Å². The molecule has 1 aliphatic heterocycles. The van der Waals surface area contributed by atoms with Gasteiger partial charge in [0.05, 0.1) is 29.8 Å². The molecule has 1 aromatic rings. The summed E-state index contributed by atoms with van der Waals surface area (Å²) in [6, 6.07) is 4.69. The molecule has 120 valence electrons. The molecule has 1 atom stereocenters. The number of halogens is 3. The summed E-state index contributed by atoms with van der Waals surface area (Å²) in [7, 11) is 0. The number of para-hydroxylation sites is 1. The van der Waals surface area contributed by atoms with Gasteiger partial charge in [0, 0.05) is 0 Å². The fourth-order valence-electron chi connectivity index (χ4n) is 2.38. The van der Waals surface area contributed by atoms with E-state index in [1.54, 1.807) is 0 Å². The number of carboxylic acids is 1. The average Bonchev–Trinajstić information content (AvgIpc) is 2.40. The van der Waals surface area contributed by atoms with Gasteiger partial charge in [0.1, 0.15) is 6.61 Å². The van der Waals surface area contributed by atoms with Gasteiger partial charge in [0.2, 0.25) is 0 Å². The number of morpholine rings is 1. The molecule has 1 N–H and O–H groups in total. The van der Waals surface area contributed by atoms with Crippen LogP contribution in [0.2, 0.25) is 0 Å². The molecule has 1 unspecified atom stereocenters. The summed E-state index contributed by atoms with van der Waals surface area (Å²) < 4.78 is 44.4. The molecule has 0 aliphatic carbocycles. The number of nitrogens with zero attached hydrogens (tertiary/aromatic N) is 1. The van der Waals surface area contributed by atoms with Gasteiger partial charge in [0.25, 0.3) is 5.91 Å². The number of ether oxygens (including phenoxy) is 1. The summed E-state index contributed by atoms with van der Waals surface area (Å²) in [5.41, 5.74) is -2.47. The summed E-state index contributed by atoms with van der Waals surface area (Å²) in [6.07, 6.45) is -5.02. The molecule has 1 fully saturated rings. The molecule has 5 nitrogen and oxygen atoms in total. The molecular formula is C14H14F3NO4. The second-order valence-electron chi connectivity index (χ2n) is 5.30. The lowest BCUT2D eigenvalue weighted by Gasteiger charge is -2.40. The Morgan fingerprint density at radius 1 is 1.41 bits per heavy atom. The van der Waals surface area contributed by atoms with Crippen molar-refractivity contribution in [2.24, 2.45) is 0 Å². The molecule has 0 aromatic heterocycles. The van der Waals surface area contributed by atoms with Crippen LogP contribution >= 0.6 is 0 Å². The van der Waals surface area contributed by atoms with Gasteiger partial charge in [-0.3, -0.25) is 9.59 Å². The Kier molecular flexibility index (Phi) is 4.15. The van der Waals surface area contributed by atoms with Gasteiger partial charge in [-0.25, -0.2) is 0 Å². The van der Waals surface area contributed by atoms with E-state index in [9.17, 15) is 22.8 Å². The van der Waals surface area contributed by atoms with Gasteiger partial charge in [-0.2, -0.15) is 13.2 Å². The summed E-state index contributed by atoms with van der Waals surface area (Å²) >= 11 is 0. The Balaban J connectivity index is 2.39. The van der Waals surface area contributed by atoms with Crippen molar-refractivity contribution < 1.29 is 32.6 Å². The monoisotopic (exact) mass is 317 g/mol. The van der Waals surface area contributed by atoms with Gasteiger partial charge in [-0.15, -0.1) is 0 Å². The summed E-state index contributed by atoms with van der Waals surface area (Å²) in [4.78, 5) is 23.7. The smallest absolute Gasteiger partial charge is 0.418 e. The van der Waals surface area contributed by atoms with Gasteiger partial charge in [-0.05, 0) is 19.1 Å². The van der Waals surface area contributed by atoms with Crippen LogP contribution < -0.4 is 4.90 Å². The molecular weight excluding hydrogens is 303 g/mol. The van der Waals surface area contributed by atoms with Crippen molar-refractivity contribution in [1.29, 1.82) is 0 Å². The number of aliphatic carboxylic acids is 1. The van der Waals surface area contributed by atoms with Crippen molar-refractivity contribution in [1.82, 2.24) is 0 Å². The molecule has 1 amide bonds. The van der Waals surface area contributed by atoms with Crippen LogP contribution in [-0.2, 0) is 20.5 Å². The van der Waals surface area contributed by atoms with Crippen molar-refractivity contribution in [3.05, 3.63) is 29.8 Å². The Labute approximate surface area is 124 Å². The Bertz CT molecular complexity index is 602. The third kappa shape index (κ3) is 3.38. The summed E-state index contributed by atoms with van der Waals surface area (Å²) in [6.45, 7) is 0.734. The van der Waals surface area contributed by atoms with Crippen LogP contribution in [0.1, 0.15) is 18.9 Å². The standard InChI is InChI=1S/C14H14F3NO4/c1-13(6-12(20)21)8-18(11(19)7-22-13)10-5-3-2-4-9(10)14(15,16)17/h2-5H,6-8H2,1H3,(H,20,21). The normalized spacial score (nSPS) is 22.7. The zero-order valence-electron chi connectivity index (χ0n) is 11.7. The van der Waals surface area contributed by atoms with E-state index in [0.29, 0.717) is 0 Å². The lowest BCUT2D eigenvalue weighted by molar-refractivity contribution is -0.152. The number of carbonyl (C=O) groups excluding carboxylic acids is 1. The third-order valence-electron chi connectivity index (χ3n) is 3.36. The topological polar surface area (TPSA) is 66.8 Å². The molecule has 0 saturated carbocycles. The predicted molar refractivity (Wildman–Crippen MR) is 70.4 cm³/mol. The minimum Gasteiger partial charge on any atom is -0.481 e. The third-order valence-corrected chi connectivity index (χ3v) is 3.36. The number of hydrogen-bond donors (Lipinski definition) is 1. The van der Waals surface area contributed by atoms with Crippen LogP contribution in [0.5, 0.6) is 0 Å². The summed E-state index contributed by atoms with van der Waals surface area (Å²) in [5.74, 6) is -1.79. The molecule has 1 saturated heterocycles. The summed E-state index contributed by atoms with van der Waals surface area (Å²) in [5, 5.41) is 8.87. The van der Waals surface area contributed by atoms with E-state index in [0.717, 1.165) is 11.0 Å². The molecule has 1 heterocycles. The highest BCUT2D eigenvalue weighted by Crippen LogP contribution is 2.38. The Morgan fingerprint density at radius 3 is 2.64 bits per heavy atom. The van der Waals surface area contributed by atoms with Crippen LogP contribution in [0, 0.1) is 0 Å². The number of benzene rings is 1. The minimum absolute atomic E-state index is 0.259. The highest BCUT2D eigenvalue weighted by molar-refractivity contribution is 5.96. The highest BCUT2D eigenvalue weighted by Gasteiger charge is 2.42. The number of anilines is 1. The van der Waals surface area contributed by atoms with Gasteiger partial charge < -0.3 is 14.7 Å². The van der Waals surface area contributed by atoms with Crippen LogP contribution in [0.15, 0.2) is 24.3 Å². The zero-order chi connectivity index (χ0) is 16.5. The van der Waals surface area contributed by atoms with E-state index in [1.807, 2.05) is 0 Å². The molecule has 0 bridgehead atoms. The second kappa shape index (κ2) is 5.60. The van der Waals surface area contributed by atoms with Crippen molar-refractivity contribution in [3.63, 3.8) is 0 Å². The second-order valence-corrected chi connectivity index (χ2v) is 5.30. The van der Waals surface area contributed by atoms with Crippen LogP contribution in [-0.4, -0.2) is 35.7 Å². The highest BCUT2D eigenvalue weighted by atomic mass is 19.4. The molecule has 22 heavy (non-hydrogen) atoms. The van der Waals surface area contributed by atoms with E-state index >= 15 is 0 Å². The maximum Gasteiger partial charge on any atom is 0.418 e. The number of rotatable bonds is 3. The lowest BCUT2D eigenvalue weighted by atomic mass is 9.98. The molecule has 0 spiro atoms. The van der Waals surface area contributed by atoms with Crippen molar-refractivity contribution >= 4 is 17.6 Å². The van der Waals surface area contributed by atoms with Crippen molar-refractivity contribution in [3.8, 4) is 0 Å². The average molecular weight is 317 g/mol. The largest absolute Gasteiger partial charge is 0.481 e. The predicted octanol–water partition coefficient (Wildman–Crippen LogP) is 2.30. The fourth-order valence-corrected chi connectivity index (χ4v) is 2.38. The Morgan fingerprint density at radius 2 is 2.05 bits per heavy atom. The molecule has 1 aromatic carbocycles. The van der Waals surface area contributed by atoms with Gasteiger partial charge in [-0.1, -0.05) is 12.1 Å². The quantitative estimate of drug-likeness (QED) is 0.929. The van der Waals surface area contributed by atoms with Crippen LogP contribution in [0.4, 0.5) is 18.9 Å². The van der Waals surface area contributed by atoms with E-state index in [1.165, 1.54) is 25.1 Å². The van der Waals surface area contributed by atoms with E-state index in [4.69, 9.17) is 9.84 Å². The zero-order valence-corrected chi connectivity index (χ0v) is 11.7. The maximum absolute atomic E-state index is 13.1. The molecule has 1 aliphatic rings. The van der Waals surface area contributed by atoms with E-state index in [2.05, 4.69) is 0 Å². The molecule has 2 rings (SSSR count). The van der Waals surface area contributed by atoms with Crippen LogP contribution in [0.3, 0.4) is 0 Å². The number of hydrogen-bond acceptors (Lipinski definition) is 3. The van der Waals surface area contributed by atoms with Crippen molar-refractivity contribution in [2.45, 2.75) is 25.1 Å². The maximum atomic E-state index is 13.1. The number of alkyl halides is 3. The van der Waals surface area contributed by atoms with Gasteiger partial charge in [0.15, 0.2) is 0 Å². The minimum atomic E-state index is -4.61. The van der Waals surface area contributed by atoms with Crippen molar-refractivity contribution in [2.75, 3.05) is 18.1 Å². The van der Waals surface area contributed by atoms with E-state index in [-0.39, 0.29) is 12.2 Å². The number of carbonyl (C=O) groups is 2. The SMILES string of the molecule is CC1(CC(=O)O)CN(c2ccccc2C(F)(F)F)C(=O)CO1. The first-order valence-corrected chi connectivity index (χ1v) is 6.45.